The Morgan fingerprint density at radius 3 is 2.29 bits per heavy atom. The molecule has 0 saturated carbocycles. The van der Waals surface area contributed by atoms with Gasteiger partial charge in [-0.1, -0.05) is 36.4 Å². The lowest BCUT2D eigenvalue weighted by atomic mass is 10.1. The molecule has 7 nitrogen and oxygen atoms in total. The van der Waals surface area contributed by atoms with Crippen molar-refractivity contribution in [3.63, 3.8) is 0 Å². The summed E-state index contributed by atoms with van der Waals surface area (Å²) in [7, 11) is -3.44. The number of carboxylic acids is 1. The molecule has 144 valence electrons. The molecular formula is C19H16N2O5S2. The van der Waals surface area contributed by atoms with Crippen LogP contribution in [-0.2, 0) is 10.0 Å². The van der Waals surface area contributed by atoms with Gasteiger partial charge in [-0.2, -0.15) is 0 Å². The van der Waals surface area contributed by atoms with E-state index in [9.17, 15) is 23.1 Å². The van der Waals surface area contributed by atoms with Crippen molar-refractivity contribution in [2.24, 2.45) is 0 Å². The number of sulfonamides is 1. The predicted octanol–water partition coefficient (Wildman–Crippen LogP) is 3.74. The maximum atomic E-state index is 12.6. The second-order valence-electron chi connectivity index (χ2n) is 5.93. The molecule has 1 amide bonds. The Labute approximate surface area is 165 Å². The Balaban J connectivity index is 1.88. The fraction of sp³-hybridized carbons (Fsp3) is 0.0526. The van der Waals surface area contributed by atoms with Crippen LogP contribution in [0.1, 0.15) is 19.3 Å². The van der Waals surface area contributed by atoms with Gasteiger partial charge in [0.05, 0.1) is 16.8 Å². The quantitative estimate of drug-likeness (QED) is 0.567. The third kappa shape index (κ3) is 4.76. The highest BCUT2D eigenvalue weighted by atomic mass is 32.2. The number of nitrogens with one attached hydrogen (secondary N) is 2. The zero-order chi connectivity index (χ0) is 20.3. The average molecular weight is 416 g/mol. The fourth-order valence-corrected chi connectivity index (χ4v) is 4.03. The number of carbonyl (C=O) groups is 2. The summed E-state index contributed by atoms with van der Waals surface area (Å²) in [4.78, 5) is 24.5. The molecule has 3 aromatic rings. The summed E-state index contributed by atoms with van der Waals surface area (Å²) in [5, 5.41) is 12.1. The first kappa shape index (κ1) is 19.6. The van der Waals surface area contributed by atoms with Crippen LogP contribution < -0.4 is 10.0 Å². The highest BCUT2D eigenvalue weighted by molar-refractivity contribution is 7.92. The summed E-state index contributed by atoms with van der Waals surface area (Å²) in [5.74, 6) is -1.59. The van der Waals surface area contributed by atoms with Crippen LogP contribution in [-0.4, -0.2) is 31.7 Å². The smallest absolute Gasteiger partial charge is 0.346 e. The van der Waals surface area contributed by atoms with Gasteiger partial charge in [-0.25, -0.2) is 13.2 Å². The van der Waals surface area contributed by atoms with Gasteiger partial charge in [0.25, 0.3) is 5.91 Å². The topological polar surface area (TPSA) is 113 Å². The normalized spacial score (nSPS) is 11.0. The van der Waals surface area contributed by atoms with E-state index in [2.05, 4.69) is 10.0 Å². The van der Waals surface area contributed by atoms with Crippen LogP contribution in [0.3, 0.4) is 0 Å². The highest BCUT2D eigenvalue weighted by Gasteiger charge is 2.20. The van der Waals surface area contributed by atoms with Crippen LogP contribution in [0.2, 0.25) is 0 Å². The van der Waals surface area contributed by atoms with E-state index >= 15 is 0 Å². The van der Waals surface area contributed by atoms with Crippen molar-refractivity contribution in [1.29, 1.82) is 0 Å². The molecule has 0 aliphatic rings. The molecule has 3 N–H and O–H groups in total. The number of thiophene rings is 1. The third-order valence-corrected chi connectivity index (χ3v) is 5.39. The van der Waals surface area contributed by atoms with Crippen molar-refractivity contribution in [3.8, 4) is 11.1 Å². The maximum absolute atomic E-state index is 12.6. The number of carbonyl (C=O) groups excluding carboxylic acids is 1. The molecule has 0 fully saturated rings. The first-order chi connectivity index (χ1) is 13.2. The Morgan fingerprint density at radius 2 is 1.64 bits per heavy atom. The monoisotopic (exact) mass is 416 g/mol. The third-order valence-electron chi connectivity index (χ3n) is 3.66. The molecule has 0 aliphatic heterocycles. The van der Waals surface area contributed by atoms with Crippen molar-refractivity contribution in [3.05, 3.63) is 70.4 Å². The molecule has 2 aromatic carbocycles. The largest absolute Gasteiger partial charge is 0.477 e. The molecule has 9 heteroatoms. The zero-order valence-electron chi connectivity index (χ0n) is 14.7. The molecule has 0 atom stereocenters. The number of benzene rings is 2. The molecule has 3 rings (SSSR count). The second-order valence-corrected chi connectivity index (χ2v) is 8.73. The van der Waals surface area contributed by atoms with Crippen LogP contribution in [0, 0.1) is 0 Å². The van der Waals surface area contributed by atoms with E-state index < -0.39 is 21.9 Å². The lowest BCUT2D eigenvalue weighted by Gasteiger charge is -2.07. The van der Waals surface area contributed by atoms with Gasteiger partial charge in [-0.05, 0) is 29.8 Å². The summed E-state index contributed by atoms with van der Waals surface area (Å²) < 4.78 is 25.0. The number of amides is 1. The molecule has 1 heterocycles. The van der Waals surface area contributed by atoms with Crippen LogP contribution in [0.25, 0.3) is 11.1 Å². The van der Waals surface area contributed by atoms with Gasteiger partial charge >= 0.3 is 5.97 Å². The van der Waals surface area contributed by atoms with Gasteiger partial charge in [0.2, 0.25) is 10.0 Å². The van der Waals surface area contributed by atoms with Crippen LogP contribution in [0.5, 0.6) is 0 Å². The Hall–Kier alpha value is -3.17. The van der Waals surface area contributed by atoms with Gasteiger partial charge in [0.15, 0.2) is 0 Å². The molecule has 0 unspecified atom stereocenters. The van der Waals surface area contributed by atoms with Crippen molar-refractivity contribution >= 4 is 44.6 Å². The zero-order valence-corrected chi connectivity index (χ0v) is 16.3. The number of hydrogen-bond donors (Lipinski definition) is 3. The Kier molecular flexibility index (Phi) is 5.48. The second kappa shape index (κ2) is 7.83. The minimum atomic E-state index is -3.44. The molecule has 1 aromatic heterocycles. The summed E-state index contributed by atoms with van der Waals surface area (Å²) in [6, 6.07) is 16.7. The van der Waals surface area contributed by atoms with Crippen LogP contribution in [0.4, 0.5) is 11.4 Å². The Morgan fingerprint density at radius 1 is 0.964 bits per heavy atom. The van der Waals surface area contributed by atoms with Crippen molar-refractivity contribution in [2.75, 3.05) is 16.3 Å². The van der Waals surface area contributed by atoms with Gasteiger partial charge in [-0.3, -0.25) is 9.52 Å². The standard InChI is InChI=1S/C19H16N2O5S2/c1-28(25,26)21-14-9-5-8-13(10-14)20-18(22)16-11-15(17(27-16)19(23)24)12-6-3-2-4-7-12/h2-11,21H,1H3,(H,20,22)(H,23,24). The molecular weight excluding hydrogens is 400 g/mol. The molecule has 0 radical (unpaired) electrons. The minimum Gasteiger partial charge on any atom is -0.477 e. The van der Waals surface area contributed by atoms with Crippen LogP contribution in [0.15, 0.2) is 60.7 Å². The summed E-state index contributed by atoms with van der Waals surface area (Å²) in [6.45, 7) is 0. The van der Waals surface area contributed by atoms with E-state index in [-0.39, 0.29) is 9.75 Å². The van der Waals surface area contributed by atoms with E-state index in [0.29, 0.717) is 22.5 Å². The van der Waals surface area contributed by atoms with Crippen molar-refractivity contribution < 1.29 is 23.1 Å². The Bertz CT molecular complexity index is 1140. The number of anilines is 2. The molecule has 0 spiro atoms. The molecule has 0 aliphatic carbocycles. The summed E-state index contributed by atoms with van der Waals surface area (Å²) in [6.07, 6.45) is 1.03. The van der Waals surface area contributed by atoms with Gasteiger partial charge in [-0.15, -0.1) is 11.3 Å². The fourth-order valence-electron chi connectivity index (χ4n) is 2.56. The van der Waals surface area contributed by atoms with Crippen molar-refractivity contribution in [1.82, 2.24) is 0 Å². The lowest BCUT2D eigenvalue weighted by Crippen LogP contribution is -2.12. The minimum absolute atomic E-state index is 0.0730. The maximum Gasteiger partial charge on any atom is 0.346 e. The SMILES string of the molecule is CS(=O)(=O)Nc1cccc(NC(=O)c2cc(-c3ccccc3)c(C(=O)O)s2)c1. The number of carboxylic acid groups (broad SMARTS) is 1. The first-order valence-electron chi connectivity index (χ1n) is 8.05. The van der Waals surface area contributed by atoms with Gasteiger partial charge in [0.1, 0.15) is 4.88 Å². The summed E-state index contributed by atoms with van der Waals surface area (Å²) >= 11 is 0.881. The predicted molar refractivity (Wildman–Crippen MR) is 110 cm³/mol. The summed E-state index contributed by atoms with van der Waals surface area (Å²) in [5.41, 5.74) is 1.86. The van der Waals surface area contributed by atoms with E-state index in [1.807, 2.05) is 6.07 Å². The number of rotatable bonds is 6. The highest BCUT2D eigenvalue weighted by Crippen LogP contribution is 2.32. The number of hydrogen-bond acceptors (Lipinski definition) is 5. The molecule has 0 bridgehead atoms. The van der Waals surface area contributed by atoms with E-state index in [1.165, 1.54) is 12.1 Å². The van der Waals surface area contributed by atoms with E-state index in [1.54, 1.807) is 42.5 Å². The van der Waals surface area contributed by atoms with Crippen molar-refractivity contribution in [2.45, 2.75) is 0 Å². The molecule has 0 saturated heterocycles. The van der Waals surface area contributed by atoms with Gasteiger partial charge < -0.3 is 10.4 Å². The average Bonchev–Trinajstić information content (AvgIpc) is 3.07. The lowest BCUT2D eigenvalue weighted by molar-refractivity contribution is 0.0702. The first-order valence-corrected chi connectivity index (χ1v) is 10.8. The van der Waals surface area contributed by atoms with Crippen LogP contribution >= 0.6 is 11.3 Å². The number of aromatic carboxylic acids is 1. The van der Waals surface area contributed by atoms with E-state index in [4.69, 9.17) is 0 Å². The molecule has 28 heavy (non-hydrogen) atoms. The van der Waals surface area contributed by atoms with Gasteiger partial charge in [0, 0.05) is 11.3 Å². The van der Waals surface area contributed by atoms with E-state index in [0.717, 1.165) is 17.6 Å².